The number of amides is 1. The molecule has 174 valence electrons. The quantitative estimate of drug-likeness (QED) is 0.686. The SMILES string of the molecule is CC(NS(=O)(=O)c1c[nH]c(C(=O)N2CCCC2)c1)c1cc(F)ccc1N1CCN(C)CC1. The number of benzene rings is 1. The molecular formula is C22H30FN5O3S. The first-order valence-electron chi connectivity index (χ1n) is 11.0. The largest absolute Gasteiger partial charge is 0.369 e. The molecule has 3 heterocycles. The number of aromatic nitrogens is 1. The van der Waals surface area contributed by atoms with Crippen molar-refractivity contribution in [3.8, 4) is 0 Å². The lowest BCUT2D eigenvalue weighted by molar-refractivity contribution is 0.0787. The first kappa shape index (κ1) is 22.8. The van der Waals surface area contributed by atoms with Crippen LogP contribution in [0.15, 0.2) is 35.4 Å². The average Bonchev–Trinajstić information content (AvgIpc) is 3.46. The maximum absolute atomic E-state index is 14.1. The topological polar surface area (TPSA) is 88.7 Å². The predicted octanol–water partition coefficient (Wildman–Crippen LogP) is 2.18. The highest BCUT2D eigenvalue weighted by Gasteiger charge is 2.27. The van der Waals surface area contributed by atoms with Crippen molar-refractivity contribution in [3.63, 3.8) is 0 Å². The van der Waals surface area contributed by atoms with E-state index in [0.29, 0.717) is 18.7 Å². The predicted molar refractivity (Wildman–Crippen MR) is 121 cm³/mol. The highest BCUT2D eigenvalue weighted by atomic mass is 32.2. The van der Waals surface area contributed by atoms with Crippen molar-refractivity contribution in [3.05, 3.63) is 47.5 Å². The Balaban J connectivity index is 1.53. The molecule has 2 aromatic rings. The number of aromatic amines is 1. The Morgan fingerprint density at radius 1 is 1.09 bits per heavy atom. The van der Waals surface area contributed by atoms with Crippen LogP contribution < -0.4 is 9.62 Å². The molecule has 2 saturated heterocycles. The molecular weight excluding hydrogens is 433 g/mol. The van der Waals surface area contributed by atoms with Crippen molar-refractivity contribution >= 4 is 21.6 Å². The van der Waals surface area contributed by atoms with E-state index in [1.807, 2.05) is 0 Å². The molecule has 2 fully saturated rings. The van der Waals surface area contributed by atoms with E-state index >= 15 is 0 Å². The number of carbonyl (C=O) groups is 1. The van der Waals surface area contributed by atoms with Crippen LogP contribution in [-0.4, -0.2) is 75.4 Å². The molecule has 2 aliphatic heterocycles. The molecule has 32 heavy (non-hydrogen) atoms. The van der Waals surface area contributed by atoms with Crippen LogP contribution in [-0.2, 0) is 10.0 Å². The Hall–Kier alpha value is -2.43. The molecule has 1 aromatic heterocycles. The summed E-state index contributed by atoms with van der Waals surface area (Å²) in [5.41, 5.74) is 1.67. The van der Waals surface area contributed by atoms with Crippen molar-refractivity contribution in [2.45, 2.75) is 30.7 Å². The smallest absolute Gasteiger partial charge is 0.270 e. The van der Waals surface area contributed by atoms with Crippen LogP contribution in [0.1, 0.15) is 41.9 Å². The minimum absolute atomic E-state index is 0.00977. The summed E-state index contributed by atoms with van der Waals surface area (Å²) < 4.78 is 42.8. The molecule has 0 bridgehead atoms. The highest BCUT2D eigenvalue weighted by Crippen LogP contribution is 2.29. The molecule has 1 unspecified atom stereocenters. The van der Waals surface area contributed by atoms with Crippen LogP contribution in [0.3, 0.4) is 0 Å². The van der Waals surface area contributed by atoms with Crippen LogP contribution in [0.5, 0.6) is 0 Å². The third-order valence-corrected chi connectivity index (χ3v) is 7.74. The lowest BCUT2D eigenvalue weighted by Gasteiger charge is -2.36. The summed E-state index contributed by atoms with van der Waals surface area (Å²) in [7, 11) is -1.86. The summed E-state index contributed by atoms with van der Waals surface area (Å²) >= 11 is 0. The van der Waals surface area contributed by atoms with Gasteiger partial charge in [0, 0.05) is 57.2 Å². The standard InChI is InChI=1S/C22H30FN5O3S/c1-16(19-13-17(23)5-6-21(19)27-11-9-26(2)10-12-27)25-32(30,31)18-14-20(24-15-18)22(29)28-7-3-4-8-28/h5-6,13-16,24-25H,3-4,7-12H2,1-2H3. The van der Waals surface area contributed by atoms with Gasteiger partial charge in [0.15, 0.2) is 0 Å². The minimum Gasteiger partial charge on any atom is -0.369 e. The van der Waals surface area contributed by atoms with E-state index in [9.17, 15) is 17.6 Å². The van der Waals surface area contributed by atoms with E-state index in [0.717, 1.165) is 44.7 Å². The summed E-state index contributed by atoms with van der Waals surface area (Å²) in [6, 6.07) is 5.21. The van der Waals surface area contributed by atoms with Crippen molar-refractivity contribution < 1.29 is 17.6 Å². The van der Waals surface area contributed by atoms with E-state index in [4.69, 9.17) is 0 Å². The molecule has 2 aliphatic rings. The molecule has 1 amide bonds. The summed E-state index contributed by atoms with van der Waals surface area (Å²) in [5, 5.41) is 0. The fourth-order valence-electron chi connectivity index (χ4n) is 4.32. The first-order valence-corrected chi connectivity index (χ1v) is 12.5. The summed E-state index contributed by atoms with van der Waals surface area (Å²) in [5.74, 6) is -0.608. The molecule has 1 atom stereocenters. The average molecular weight is 464 g/mol. The number of carbonyl (C=O) groups excluding carboxylic acids is 1. The first-order chi connectivity index (χ1) is 15.2. The number of likely N-dealkylation sites (tertiary alicyclic amines) is 1. The number of likely N-dealkylation sites (N-methyl/N-ethyl adjacent to an activating group) is 1. The second-order valence-corrected chi connectivity index (χ2v) is 10.3. The Morgan fingerprint density at radius 2 is 1.78 bits per heavy atom. The van der Waals surface area contributed by atoms with Gasteiger partial charge in [-0.15, -0.1) is 0 Å². The van der Waals surface area contributed by atoms with Crippen molar-refractivity contribution in [2.24, 2.45) is 0 Å². The number of hydrogen-bond donors (Lipinski definition) is 2. The maximum atomic E-state index is 14.1. The monoisotopic (exact) mass is 463 g/mol. The number of nitrogens with zero attached hydrogens (tertiary/aromatic N) is 3. The number of rotatable bonds is 6. The summed E-state index contributed by atoms with van der Waals surface area (Å²) in [4.78, 5) is 21.4. The Kier molecular flexibility index (Phi) is 6.55. The van der Waals surface area contributed by atoms with Crippen molar-refractivity contribution in [2.75, 3.05) is 51.2 Å². The van der Waals surface area contributed by atoms with E-state index in [1.54, 1.807) is 17.9 Å². The Morgan fingerprint density at radius 3 is 2.47 bits per heavy atom. The van der Waals surface area contributed by atoms with Gasteiger partial charge < -0.3 is 19.7 Å². The van der Waals surface area contributed by atoms with Crippen LogP contribution in [0, 0.1) is 5.82 Å². The summed E-state index contributed by atoms with van der Waals surface area (Å²) in [6.45, 7) is 6.41. The molecule has 10 heteroatoms. The second kappa shape index (κ2) is 9.21. The van der Waals surface area contributed by atoms with Gasteiger partial charge in [0.25, 0.3) is 5.91 Å². The van der Waals surface area contributed by atoms with Gasteiger partial charge in [-0.2, -0.15) is 0 Å². The lowest BCUT2D eigenvalue weighted by Crippen LogP contribution is -2.45. The molecule has 0 spiro atoms. The molecule has 2 N–H and O–H groups in total. The van der Waals surface area contributed by atoms with Gasteiger partial charge in [-0.05, 0) is 56.6 Å². The lowest BCUT2D eigenvalue weighted by atomic mass is 10.0. The van der Waals surface area contributed by atoms with Gasteiger partial charge in [0.1, 0.15) is 16.4 Å². The second-order valence-electron chi connectivity index (χ2n) is 8.58. The fraction of sp³-hybridized carbons (Fsp3) is 0.500. The normalized spacial score (nSPS) is 18.8. The van der Waals surface area contributed by atoms with E-state index < -0.39 is 21.9 Å². The van der Waals surface area contributed by atoms with Gasteiger partial charge in [0.05, 0.1) is 0 Å². The number of H-pyrrole nitrogens is 1. The van der Waals surface area contributed by atoms with E-state index in [2.05, 4.69) is 26.6 Å². The number of anilines is 1. The number of sulfonamides is 1. The molecule has 1 aromatic carbocycles. The summed E-state index contributed by atoms with van der Waals surface area (Å²) in [6.07, 6.45) is 3.24. The third-order valence-electron chi connectivity index (χ3n) is 6.22. The maximum Gasteiger partial charge on any atom is 0.270 e. The zero-order valence-corrected chi connectivity index (χ0v) is 19.3. The number of halogens is 1. The van der Waals surface area contributed by atoms with Crippen LogP contribution >= 0.6 is 0 Å². The van der Waals surface area contributed by atoms with E-state index in [-0.39, 0.29) is 16.5 Å². The molecule has 0 aliphatic carbocycles. The Bertz CT molecular complexity index is 1070. The van der Waals surface area contributed by atoms with Gasteiger partial charge in [-0.25, -0.2) is 17.5 Å². The zero-order valence-electron chi connectivity index (χ0n) is 18.5. The molecule has 0 saturated carbocycles. The van der Waals surface area contributed by atoms with Crippen LogP contribution in [0.4, 0.5) is 10.1 Å². The number of nitrogens with one attached hydrogen (secondary N) is 2. The zero-order chi connectivity index (χ0) is 22.9. The number of hydrogen-bond acceptors (Lipinski definition) is 5. The van der Waals surface area contributed by atoms with Crippen molar-refractivity contribution in [1.29, 1.82) is 0 Å². The molecule has 4 rings (SSSR count). The Labute approximate surface area is 188 Å². The van der Waals surface area contributed by atoms with Crippen LogP contribution in [0.25, 0.3) is 0 Å². The molecule has 8 nitrogen and oxygen atoms in total. The van der Waals surface area contributed by atoms with Crippen molar-refractivity contribution in [1.82, 2.24) is 19.5 Å². The van der Waals surface area contributed by atoms with Crippen LogP contribution in [0.2, 0.25) is 0 Å². The van der Waals surface area contributed by atoms with E-state index in [1.165, 1.54) is 24.4 Å². The fourth-order valence-corrected chi connectivity index (χ4v) is 5.53. The minimum atomic E-state index is -3.91. The highest BCUT2D eigenvalue weighted by molar-refractivity contribution is 7.89. The van der Waals surface area contributed by atoms with Gasteiger partial charge in [-0.1, -0.05) is 0 Å². The van der Waals surface area contributed by atoms with Gasteiger partial charge >= 0.3 is 0 Å². The molecule has 0 radical (unpaired) electrons. The number of piperazine rings is 1. The van der Waals surface area contributed by atoms with Gasteiger partial charge in [-0.3, -0.25) is 4.79 Å². The third kappa shape index (κ3) is 4.82. The van der Waals surface area contributed by atoms with Gasteiger partial charge in [0.2, 0.25) is 10.0 Å².